The Morgan fingerprint density at radius 3 is 2.89 bits per heavy atom. The number of non-ortho nitro benzene ring substituents is 1. The van der Waals surface area contributed by atoms with Crippen LogP contribution >= 0.6 is 22.6 Å². The van der Waals surface area contributed by atoms with Crippen molar-refractivity contribution in [3.8, 4) is 0 Å². The third kappa shape index (κ3) is 3.14. The number of hydrogen-bond acceptors (Lipinski definition) is 4. The van der Waals surface area contributed by atoms with Crippen LogP contribution in [0.1, 0.15) is 19.3 Å². The van der Waals surface area contributed by atoms with Gasteiger partial charge in [-0.05, 0) is 41.5 Å². The molecule has 1 fully saturated rings. The first kappa shape index (κ1) is 14.0. The molecule has 1 aromatic rings. The SMILES string of the molecule is O=C(O)CC1CCCN1c1ccc([N+](=O)[O-])cc1I. The fraction of sp³-hybridized carbons (Fsp3) is 0.417. The van der Waals surface area contributed by atoms with Crippen molar-refractivity contribution in [2.75, 3.05) is 11.4 Å². The van der Waals surface area contributed by atoms with E-state index in [-0.39, 0.29) is 18.2 Å². The second-order valence-electron chi connectivity index (χ2n) is 4.48. The van der Waals surface area contributed by atoms with E-state index in [1.54, 1.807) is 6.07 Å². The van der Waals surface area contributed by atoms with Gasteiger partial charge in [0.15, 0.2) is 0 Å². The van der Waals surface area contributed by atoms with E-state index >= 15 is 0 Å². The van der Waals surface area contributed by atoms with Crippen molar-refractivity contribution in [2.24, 2.45) is 0 Å². The molecule has 0 aromatic heterocycles. The van der Waals surface area contributed by atoms with Crippen molar-refractivity contribution in [3.63, 3.8) is 0 Å². The molecule has 1 aliphatic rings. The molecule has 6 nitrogen and oxygen atoms in total. The maximum absolute atomic E-state index is 10.8. The zero-order valence-electron chi connectivity index (χ0n) is 10.1. The molecule has 7 heteroatoms. The van der Waals surface area contributed by atoms with Gasteiger partial charge in [-0.25, -0.2) is 0 Å². The summed E-state index contributed by atoms with van der Waals surface area (Å²) < 4.78 is 0.782. The molecule has 1 atom stereocenters. The third-order valence-electron chi connectivity index (χ3n) is 3.24. The Morgan fingerprint density at radius 2 is 2.32 bits per heavy atom. The van der Waals surface area contributed by atoms with Crippen LogP contribution < -0.4 is 4.90 Å². The molecule has 0 aliphatic carbocycles. The molecule has 0 radical (unpaired) electrons. The Labute approximate surface area is 123 Å². The van der Waals surface area contributed by atoms with Gasteiger partial charge in [0.2, 0.25) is 0 Å². The maximum Gasteiger partial charge on any atom is 0.305 e. The molecule has 0 bridgehead atoms. The highest BCUT2D eigenvalue weighted by Crippen LogP contribution is 2.33. The molecule has 0 saturated carbocycles. The highest BCUT2D eigenvalue weighted by molar-refractivity contribution is 14.1. The van der Waals surface area contributed by atoms with Gasteiger partial charge in [-0.1, -0.05) is 0 Å². The smallest absolute Gasteiger partial charge is 0.305 e. The van der Waals surface area contributed by atoms with Gasteiger partial charge >= 0.3 is 5.97 Å². The molecule has 1 unspecified atom stereocenters. The lowest BCUT2D eigenvalue weighted by Crippen LogP contribution is -2.31. The number of benzene rings is 1. The van der Waals surface area contributed by atoms with E-state index in [1.165, 1.54) is 12.1 Å². The zero-order chi connectivity index (χ0) is 14.0. The number of carboxylic acid groups (broad SMARTS) is 1. The molecule has 0 spiro atoms. The van der Waals surface area contributed by atoms with Crippen LogP contribution in [0, 0.1) is 13.7 Å². The molecule has 0 amide bonds. The molecule has 1 heterocycles. The van der Waals surface area contributed by atoms with Gasteiger partial charge in [-0.3, -0.25) is 14.9 Å². The van der Waals surface area contributed by atoms with Crippen molar-refractivity contribution in [2.45, 2.75) is 25.3 Å². The standard InChI is InChI=1S/C12H13IN2O4/c13-10-6-9(15(18)19)3-4-11(10)14-5-1-2-8(14)7-12(16)17/h3-4,6,8H,1-2,5,7H2,(H,16,17). The fourth-order valence-corrected chi connectivity index (χ4v) is 3.22. The topological polar surface area (TPSA) is 83.7 Å². The van der Waals surface area contributed by atoms with E-state index in [1.807, 2.05) is 4.90 Å². The average molecular weight is 376 g/mol. The average Bonchev–Trinajstić information content (AvgIpc) is 2.75. The van der Waals surface area contributed by atoms with Gasteiger partial charge in [0, 0.05) is 28.3 Å². The van der Waals surface area contributed by atoms with Gasteiger partial charge < -0.3 is 10.0 Å². The second-order valence-corrected chi connectivity index (χ2v) is 5.64. The second kappa shape index (κ2) is 5.72. The van der Waals surface area contributed by atoms with Crippen molar-refractivity contribution < 1.29 is 14.8 Å². The van der Waals surface area contributed by atoms with E-state index < -0.39 is 10.9 Å². The van der Waals surface area contributed by atoms with Crippen LogP contribution in [0.2, 0.25) is 0 Å². The molecule has 1 saturated heterocycles. The summed E-state index contributed by atoms with van der Waals surface area (Å²) >= 11 is 2.06. The number of hydrogen-bond donors (Lipinski definition) is 1. The van der Waals surface area contributed by atoms with E-state index in [0.717, 1.165) is 28.6 Å². The van der Waals surface area contributed by atoms with Gasteiger partial charge in [0.1, 0.15) is 0 Å². The summed E-state index contributed by atoms with van der Waals surface area (Å²) in [6, 6.07) is 4.67. The van der Waals surface area contributed by atoms with Crippen LogP contribution in [0.3, 0.4) is 0 Å². The van der Waals surface area contributed by atoms with Crippen molar-refractivity contribution >= 4 is 39.9 Å². The summed E-state index contributed by atoms with van der Waals surface area (Å²) in [6.45, 7) is 0.797. The first-order valence-corrected chi connectivity index (χ1v) is 6.99. The summed E-state index contributed by atoms with van der Waals surface area (Å²) in [6.07, 6.45) is 1.90. The van der Waals surface area contributed by atoms with Gasteiger partial charge in [0.25, 0.3) is 5.69 Å². The number of carbonyl (C=O) groups is 1. The number of carboxylic acids is 1. The van der Waals surface area contributed by atoms with Crippen molar-refractivity contribution in [1.82, 2.24) is 0 Å². The minimum Gasteiger partial charge on any atom is -0.481 e. The van der Waals surface area contributed by atoms with Crippen LogP contribution in [-0.4, -0.2) is 28.6 Å². The fourth-order valence-electron chi connectivity index (χ4n) is 2.41. The number of anilines is 1. The molecule has 102 valence electrons. The van der Waals surface area contributed by atoms with Crippen LogP contribution in [0.4, 0.5) is 11.4 Å². The van der Waals surface area contributed by atoms with Gasteiger partial charge in [0.05, 0.1) is 17.0 Å². The van der Waals surface area contributed by atoms with E-state index in [0.29, 0.717) is 0 Å². The quantitative estimate of drug-likeness (QED) is 0.496. The Hall–Kier alpha value is -1.38. The van der Waals surface area contributed by atoms with E-state index in [2.05, 4.69) is 22.6 Å². The normalized spacial score (nSPS) is 18.6. The van der Waals surface area contributed by atoms with Gasteiger partial charge in [-0.15, -0.1) is 0 Å². The van der Waals surface area contributed by atoms with Crippen LogP contribution in [0.25, 0.3) is 0 Å². The minimum atomic E-state index is -0.811. The number of halogens is 1. The largest absolute Gasteiger partial charge is 0.481 e. The van der Waals surface area contributed by atoms with E-state index in [9.17, 15) is 14.9 Å². The maximum atomic E-state index is 10.8. The molecular weight excluding hydrogens is 363 g/mol. The van der Waals surface area contributed by atoms with Crippen LogP contribution in [0.15, 0.2) is 18.2 Å². The lowest BCUT2D eigenvalue weighted by molar-refractivity contribution is -0.384. The lowest BCUT2D eigenvalue weighted by Gasteiger charge is -2.26. The molecule has 19 heavy (non-hydrogen) atoms. The van der Waals surface area contributed by atoms with Crippen molar-refractivity contribution in [3.05, 3.63) is 31.9 Å². The summed E-state index contributed by atoms with van der Waals surface area (Å²) in [4.78, 5) is 23.2. The monoisotopic (exact) mass is 376 g/mol. The highest BCUT2D eigenvalue weighted by Gasteiger charge is 2.28. The highest BCUT2D eigenvalue weighted by atomic mass is 127. The van der Waals surface area contributed by atoms with Crippen LogP contribution in [-0.2, 0) is 4.79 Å². The number of rotatable bonds is 4. The third-order valence-corrected chi connectivity index (χ3v) is 4.10. The summed E-state index contributed by atoms with van der Waals surface area (Å²) in [5, 5.41) is 19.6. The molecule has 1 aromatic carbocycles. The first-order valence-electron chi connectivity index (χ1n) is 5.91. The lowest BCUT2D eigenvalue weighted by atomic mass is 10.1. The number of nitro groups is 1. The number of aliphatic carboxylic acids is 1. The Bertz CT molecular complexity index is 520. The number of nitrogens with zero attached hydrogens (tertiary/aromatic N) is 2. The summed E-state index contributed by atoms with van der Waals surface area (Å²) in [5.41, 5.74) is 0.942. The molecule has 1 N–H and O–H groups in total. The minimum absolute atomic E-state index is 0.0209. The first-order chi connectivity index (χ1) is 8.99. The Morgan fingerprint density at radius 1 is 1.58 bits per heavy atom. The van der Waals surface area contributed by atoms with Gasteiger partial charge in [-0.2, -0.15) is 0 Å². The Kier molecular flexibility index (Phi) is 4.23. The number of nitro benzene ring substituents is 1. The molecular formula is C12H13IN2O4. The van der Waals surface area contributed by atoms with E-state index in [4.69, 9.17) is 5.11 Å². The Balaban J connectivity index is 2.25. The predicted molar refractivity (Wildman–Crippen MR) is 78.4 cm³/mol. The molecule has 1 aliphatic heterocycles. The predicted octanol–water partition coefficient (Wildman–Crippen LogP) is 2.64. The summed E-state index contributed by atoms with van der Waals surface area (Å²) in [7, 11) is 0. The van der Waals surface area contributed by atoms with Crippen molar-refractivity contribution in [1.29, 1.82) is 0 Å². The molecule has 2 rings (SSSR count). The summed E-state index contributed by atoms with van der Waals surface area (Å²) in [5.74, 6) is -0.811. The zero-order valence-corrected chi connectivity index (χ0v) is 12.2. The van der Waals surface area contributed by atoms with Crippen LogP contribution in [0.5, 0.6) is 0 Å².